The van der Waals surface area contributed by atoms with Gasteiger partial charge >= 0.3 is 5.97 Å². The van der Waals surface area contributed by atoms with Crippen molar-refractivity contribution in [3.63, 3.8) is 0 Å². The number of nitrogens with zero attached hydrogens (tertiary/aromatic N) is 1. The van der Waals surface area contributed by atoms with Gasteiger partial charge in [-0.05, 0) is 13.0 Å². The largest absolute Gasteiger partial charge is 0.464 e. The summed E-state index contributed by atoms with van der Waals surface area (Å²) in [6.07, 6.45) is 0.144. The Bertz CT molecular complexity index is 591. The Hall–Kier alpha value is -1.88. The molecule has 2 rings (SSSR count). The Morgan fingerprint density at radius 1 is 1.56 bits per heavy atom. The molecule has 18 heavy (non-hydrogen) atoms. The molecule has 1 aromatic carbocycles. The molecule has 0 amide bonds. The Morgan fingerprint density at radius 2 is 2.28 bits per heavy atom. The highest BCUT2D eigenvalue weighted by atomic mass is 19.1. The van der Waals surface area contributed by atoms with Gasteiger partial charge in [0, 0.05) is 24.2 Å². The Morgan fingerprint density at radius 3 is 2.94 bits per heavy atom. The van der Waals surface area contributed by atoms with Gasteiger partial charge in [0.1, 0.15) is 5.82 Å². The molecule has 0 aliphatic heterocycles. The van der Waals surface area contributed by atoms with Gasteiger partial charge in [0.2, 0.25) is 0 Å². The molecule has 0 bridgehead atoms. The van der Waals surface area contributed by atoms with Gasteiger partial charge in [-0.25, -0.2) is 9.18 Å². The summed E-state index contributed by atoms with van der Waals surface area (Å²) >= 11 is 0. The Kier molecular flexibility index (Phi) is 3.34. The highest BCUT2D eigenvalue weighted by Crippen LogP contribution is 2.28. The van der Waals surface area contributed by atoms with E-state index in [4.69, 9.17) is 4.74 Å². The molecule has 1 N–H and O–H groups in total. The van der Waals surface area contributed by atoms with Gasteiger partial charge in [0.15, 0.2) is 6.10 Å². The summed E-state index contributed by atoms with van der Waals surface area (Å²) in [6.45, 7) is 1.85. The fraction of sp³-hybridized carbons (Fsp3) is 0.308. The first-order valence-electron chi connectivity index (χ1n) is 5.64. The number of rotatable bonds is 3. The van der Waals surface area contributed by atoms with Crippen LogP contribution in [0.4, 0.5) is 4.39 Å². The normalized spacial score (nSPS) is 12.7. The number of aryl methyl sites for hydroxylation is 1. The number of ether oxygens (including phenoxy) is 1. The summed E-state index contributed by atoms with van der Waals surface area (Å²) in [6, 6.07) is 4.54. The Labute approximate surface area is 104 Å². The second kappa shape index (κ2) is 4.78. The molecule has 0 aliphatic rings. The minimum atomic E-state index is -1.39. The zero-order valence-electron chi connectivity index (χ0n) is 10.2. The average Bonchev–Trinajstić information content (AvgIpc) is 2.67. The van der Waals surface area contributed by atoms with Crippen molar-refractivity contribution in [1.29, 1.82) is 0 Å². The third kappa shape index (κ3) is 1.97. The van der Waals surface area contributed by atoms with Gasteiger partial charge < -0.3 is 14.4 Å². The molecule has 0 fully saturated rings. The lowest BCUT2D eigenvalue weighted by atomic mass is 10.1. The topological polar surface area (TPSA) is 51.5 Å². The summed E-state index contributed by atoms with van der Waals surface area (Å²) in [5.74, 6) is -1.12. The first-order chi connectivity index (χ1) is 8.56. The number of carbonyl (C=O) groups excluding carboxylic acids is 1. The fourth-order valence-corrected chi connectivity index (χ4v) is 2.02. The maximum absolute atomic E-state index is 13.7. The van der Waals surface area contributed by atoms with Crippen molar-refractivity contribution in [1.82, 2.24) is 4.57 Å². The van der Waals surface area contributed by atoms with E-state index in [1.54, 1.807) is 30.7 Å². The van der Waals surface area contributed by atoms with Gasteiger partial charge in [-0.15, -0.1) is 0 Å². The molecule has 2 aromatic rings. The van der Waals surface area contributed by atoms with E-state index in [-0.39, 0.29) is 6.61 Å². The zero-order chi connectivity index (χ0) is 13.3. The number of aliphatic hydroxyl groups excluding tert-OH is 1. The number of fused-ring (bicyclic) bond motifs is 1. The van der Waals surface area contributed by atoms with E-state index in [1.807, 2.05) is 0 Å². The molecular weight excluding hydrogens is 237 g/mol. The lowest BCUT2D eigenvalue weighted by Crippen LogP contribution is -2.15. The second-order valence-electron chi connectivity index (χ2n) is 3.99. The smallest absolute Gasteiger partial charge is 0.339 e. The van der Waals surface area contributed by atoms with Crippen LogP contribution < -0.4 is 0 Å². The van der Waals surface area contributed by atoms with Crippen LogP contribution in [0.15, 0.2) is 24.4 Å². The highest BCUT2D eigenvalue weighted by Gasteiger charge is 2.23. The summed E-state index contributed by atoms with van der Waals surface area (Å²) in [7, 11) is 1.66. The van der Waals surface area contributed by atoms with Crippen molar-refractivity contribution >= 4 is 16.9 Å². The lowest BCUT2D eigenvalue weighted by molar-refractivity contribution is -0.153. The quantitative estimate of drug-likeness (QED) is 0.848. The maximum Gasteiger partial charge on any atom is 0.339 e. The standard InChI is InChI=1S/C13H14FNO3/c1-3-18-13(17)12(16)9-7-15(2)11-8(9)5-4-6-10(11)14/h4-7,12,16H,3H2,1-2H3. The van der Waals surface area contributed by atoms with E-state index < -0.39 is 17.9 Å². The SMILES string of the molecule is CCOC(=O)C(O)c1cn(C)c2c(F)cccc12. The number of aromatic nitrogens is 1. The number of para-hydroxylation sites is 1. The third-order valence-electron chi connectivity index (χ3n) is 2.79. The van der Waals surface area contributed by atoms with Crippen LogP contribution in [0.3, 0.4) is 0 Å². The lowest BCUT2D eigenvalue weighted by Gasteiger charge is -2.08. The van der Waals surface area contributed by atoms with E-state index in [1.165, 1.54) is 12.3 Å². The van der Waals surface area contributed by atoms with Crippen LogP contribution in [0, 0.1) is 5.82 Å². The van der Waals surface area contributed by atoms with Gasteiger partial charge in [-0.2, -0.15) is 0 Å². The van der Waals surface area contributed by atoms with Crippen LogP contribution in [-0.4, -0.2) is 22.2 Å². The fourth-order valence-electron chi connectivity index (χ4n) is 2.02. The van der Waals surface area contributed by atoms with Crippen molar-refractivity contribution in [3.8, 4) is 0 Å². The third-order valence-corrected chi connectivity index (χ3v) is 2.79. The summed E-state index contributed by atoms with van der Waals surface area (Å²) in [4.78, 5) is 11.5. The molecular formula is C13H14FNO3. The zero-order valence-corrected chi connectivity index (χ0v) is 10.2. The molecule has 0 saturated carbocycles. The van der Waals surface area contributed by atoms with Crippen LogP contribution in [0.5, 0.6) is 0 Å². The van der Waals surface area contributed by atoms with Crippen LogP contribution in [0.1, 0.15) is 18.6 Å². The summed E-state index contributed by atoms with van der Waals surface area (Å²) in [5, 5.41) is 10.4. The number of halogens is 1. The molecule has 5 heteroatoms. The maximum atomic E-state index is 13.7. The predicted octanol–water partition coefficient (Wildman–Crippen LogP) is 1.91. The number of hydrogen-bond donors (Lipinski definition) is 1. The first-order valence-corrected chi connectivity index (χ1v) is 5.64. The molecule has 0 saturated heterocycles. The molecule has 1 atom stereocenters. The minimum Gasteiger partial charge on any atom is -0.464 e. The summed E-state index contributed by atoms with van der Waals surface area (Å²) < 4.78 is 20.0. The van der Waals surface area contributed by atoms with E-state index in [0.29, 0.717) is 16.5 Å². The molecule has 0 aliphatic carbocycles. The molecule has 0 spiro atoms. The van der Waals surface area contributed by atoms with Gasteiger partial charge in [0.25, 0.3) is 0 Å². The second-order valence-corrected chi connectivity index (χ2v) is 3.99. The Balaban J connectivity index is 2.52. The average molecular weight is 251 g/mol. The molecule has 96 valence electrons. The minimum absolute atomic E-state index is 0.190. The monoisotopic (exact) mass is 251 g/mol. The van der Waals surface area contributed by atoms with Crippen molar-refractivity contribution < 1.29 is 19.0 Å². The molecule has 1 heterocycles. The van der Waals surface area contributed by atoms with E-state index in [9.17, 15) is 14.3 Å². The van der Waals surface area contributed by atoms with Crippen molar-refractivity contribution in [2.24, 2.45) is 7.05 Å². The number of aliphatic hydroxyl groups is 1. The van der Waals surface area contributed by atoms with Crippen molar-refractivity contribution in [2.75, 3.05) is 6.61 Å². The molecule has 1 aromatic heterocycles. The van der Waals surface area contributed by atoms with E-state index in [2.05, 4.69) is 0 Å². The van der Waals surface area contributed by atoms with Crippen LogP contribution in [0.2, 0.25) is 0 Å². The van der Waals surface area contributed by atoms with Gasteiger partial charge in [-0.3, -0.25) is 0 Å². The van der Waals surface area contributed by atoms with Gasteiger partial charge in [0.05, 0.1) is 12.1 Å². The van der Waals surface area contributed by atoms with Crippen molar-refractivity contribution in [3.05, 3.63) is 35.8 Å². The number of hydrogen-bond acceptors (Lipinski definition) is 3. The molecule has 0 radical (unpaired) electrons. The molecule has 1 unspecified atom stereocenters. The first kappa shape index (κ1) is 12.6. The predicted molar refractivity (Wildman–Crippen MR) is 64.5 cm³/mol. The summed E-state index contributed by atoms with van der Waals surface area (Å²) in [5.41, 5.74) is 0.710. The van der Waals surface area contributed by atoms with E-state index in [0.717, 1.165) is 0 Å². The number of carbonyl (C=O) groups is 1. The highest BCUT2D eigenvalue weighted by molar-refractivity contribution is 5.89. The number of esters is 1. The van der Waals surface area contributed by atoms with E-state index >= 15 is 0 Å². The van der Waals surface area contributed by atoms with Crippen LogP contribution >= 0.6 is 0 Å². The number of benzene rings is 1. The van der Waals surface area contributed by atoms with Crippen LogP contribution in [-0.2, 0) is 16.6 Å². The molecule has 4 nitrogen and oxygen atoms in total. The van der Waals surface area contributed by atoms with Crippen LogP contribution in [0.25, 0.3) is 10.9 Å². The van der Waals surface area contributed by atoms with Crippen molar-refractivity contribution in [2.45, 2.75) is 13.0 Å². The van der Waals surface area contributed by atoms with Gasteiger partial charge in [-0.1, -0.05) is 12.1 Å².